The van der Waals surface area contributed by atoms with E-state index in [1.165, 1.54) is 0 Å². The molecule has 2 heterocycles. The molecule has 0 aliphatic carbocycles. The molecule has 0 N–H and O–H groups in total. The van der Waals surface area contributed by atoms with Crippen molar-refractivity contribution in [3.05, 3.63) is 0 Å². The summed E-state index contributed by atoms with van der Waals surface area (Å²) in [6, 6.07) is 0. The Kier molecular flexibility index (Phi) is 1.60. The summed E-state index contributed by atoms with van der Waals surface area (Å²) in [7, 11) is 0. The van der Waals surface area contributed by atoms with Crippen molar-refractivity contribution < 1.29 is 9.53 Å². The fourth-order valence-electron chi connectivity index (χ4n) is 1.81. The molecule has 0 saturated carbocycles. The van der Waals surface area contributed by atoms with Gasteiger partial charge in [0, 0.05) is 12.5 Å². The third-order valence-corrected chi connectivity index (χ3v) is 2.54. The SMILES string of the molecule is C[C@@H]1CC[C@@H]2OCCN2C1=O. The minimum absolute atomic E-state index is 0.110. The maximum Gasteiger partial charge on any atom is 0.227 e. The number of ether oxygens (including phenoxy) is 1. The molecular formula is C8H13NO2. The largest absolute Gasteiger partial charge is 0.356 e. The van der Waals surface area contributed by atoms with Crippen LogP contribution in [0.5, 0.6) is 0 Å². The van der Waals surface area contributed by atoms with E-state index in [9.17, 15) is 4.79 Å². The normalized spacial score (nSPS) is 37.5. The first-order valence-electron chi connectivity index (χ1n) is 4.21. The summed E-state index contributed by atoms with van der Waals surface area (Å²) >= 11 is 0. The zero-order valence-corrected chi connectivity index (χ0v) is 6.75. The van der Waals surface area contributed by atoms with Crippen LogP contribution in [0.25, 0.3) is 0 Å². The standard InChI is InChI=1S/C8H13NO2/c1-6-2-3-7-9(8(6)10)4-5-11-7/h6-7H,2-5H2,1H3/t6-,7+/m1/s1. The van der Waals surface area contributed by atoms with Crippen molar-refractivity contribution in [3.8, 4) is 0 Å². The van der Waals surface area contributed by atoms with Crippen molar-refractivity contribution >= 4 is 5.91 Å². The Morgan fingerprint density at radius 1 is 1.55 bits per heavy atom. The van der Waals surface area contributed by atoms with Gasteiger partial charge in [-0.1, -0.05) is 6.92 Å². The third kappa shape index (κ3) is 1.03. The van der Waals surface area contributed by atoms with Gasteiger partial charge in [-0.2, -0.15) is 0 Å². The molecule has 1 amide bonds. The molecule has 2 aliphatic heterocycles. The summed E-state index contributed by atoms with van der Waals surface area (Å²) in [4.78, 5) is 13.3. The van der Waals surface area contributed by atoms with Crippen LogP contribution in [0, 0.1) is 5.92 Å². The number of hydrogen-bond donors (Lipinski definition) is 0. The Bertz CT molecular complexity index is 181. The predicted octanol–water partition coefficient (Wildman–Crippen LogP) is 0.601. The van der Waals surface area contributed by atoms with Crippen LogP contribution >= 0.6 is 0 Å². The van der Waals surface area contributed by atoms with Gasteiger partial charge in [-0.25, -0.2) is 0 Å². The van der Waals surface area contributed by atoms with E-state index in [1.54, 1.807) is 0 Å². The summed E-state index contributed by atoms with van der Waals surface area (Å²) in [5.41, 5.74) is 0. The fourth-order valence-corrected chi connectivity index (χ4v) is 1.81. The summed E-state index contributed by atoms with van der Waals surface area (Å²) in [5.74, 6) is 0.492. The van der Waals surface area contributed by atoms with E-state index in [0.29, 0.717) is 0 Å². The van der Waals surface area contributed by atoms with Crippen LogP contribution < -0.4 is 0 Å². The van der Waals surface area contributed by atoms with Crippen molar-refractivity contribution in [2.24, 2.45) is 5.92 Å². The number of fused-ring (bicyclic) bond motifs is 1. The molecule has 0 aromatic heterocycles. The summed E-state index contributed by atoms with van der Waals surface area (Å²) < 4.78 is 5.38. The lowest BCUT2D eigenvalue weighted by Gasteiger charge is -2.31. The van der Waals surface area contributed by atoms with Crippen LogP contribution in [0.1, 0.15) is 19.8 Å². The molecule has 0 unspecified atom stereocenters. The van der Waals surface area contributed by atoms with E-state index in [2.05, 4.69) is 0 Å². The van der Waals surface area contributed by atoms with Gasteiger partial charge in [0.05, 0.1) is 6.61 Å². The van der Waals surface area contributed by atoms with Crippen LogP contribution in [0.3, 0.4) is 0 Å². The topological polar surface area (TPSA) is 29.5 Å². The highest BCUT2D eigenvalue weighted by molar-refractivity contribution is 5.79. The molecule has 3 heteroatoms. The molecule has 3 nitrogen and oxygen atoms in total. The van der Waals surface area contributed by atoms with Crippen molar-refractivity contribution in [1.29, 1.82) is 0 Å². The van der Waals surface area contributed by atoms with E-state index >= 15 is 0 Å². The van der Waals surface area contributed by atoms with Gasteiger partial charge < -0.3 is 9.64 Å². The highest BCUT2D eigenvalue weighted by Crippen LogP contribution is 2.26. The molecule has 2 atom stereocenters. The maximum atomic E-state index is 11.5. The van der Waals surface area contributed by atoms with Crippen LogP contribution in [-0.2, 0) is 9.53 Å². The van der Waals surface area contributed by atoms with Crippen LogP contribution in [0.2, 0.25) is 0 Å². The van der Waals surface area contributed by atoms with Gasteiger partial charge in [0.25, 0.3) is 0 Å². The molecule has 0 aromatic rings. The quantitative estimate of drug-likeness (QED) is 0.512. The molecule has 0 radical (unpaired) electrons. The minimum Gasteiger partial charge on any atom is -0.356 e. The van der Waals surface area contributed by atoms with E-state index < -0.39 is 0 Å². The average molecular weight is 155 g/mol. The summed E-state index contributed by atoms with van der Waals surface area (Å²) in [6.07, 6.45) is 2.12. The Morgan fingerprint density at radius 2 is 2.36 bits per heavy atom. The van der Waals surface area contributed by atoms with Gasteiger partial charge in [0.15, 0.2) is 0 Å². The number of hydrogen-bond acceptors (Lipinski definition) is 2. The minimum atomic E-state index is 0.110. The van der Waals surface area contributed by atoms with Gasteiger partial charge in [0.1, 0.15) is 6.23 Å². The third-order valence-electron chi connectivity index (χ3n) is 2.54. The molecule has 11 heavy (non-hydrogen) atoms. The molecule has 0 bridgehead atoms. The second kappa shape index (κ2) is 2.48. The molecule has 2 aliphatic rings. The van der Waals surface area contributed by atoms with Crippen LogP contribution in [0.4, 0.5) is 0 Å². The molecule has 2 fully saturated rings. The monoisotopic (exact) mass is 155 g/mol. The van der Waals surface area contributed by atoms with E-state index in [4.69, 9.17) is 4.74 Å². The lowest BCUT2D eigenvalue weighted by atomic mass is 9.98. The first-order chi connectivity index (χ1) is 5.29. The van der Waals surface area contributed by atoms with Gasteiger partial charge >= 0.3 is 0 Å². The van der Waals surface area contributed by atoms with Gasteiger partial charge in [-0.15, -0.1) is 0 Å². The molecule has 2 saturated heterocycles. The van der Waals surface area contributed by atoms with Gasteiger partial charge in [0.2, 0.25) is 5.91 Å². The molecule has 2 rings (SSSR count). The number of rotatable bonds is 0. The van der Waals surface area contributed by atoms with Crippen LogP contribution in [-0.4, -0.2) is 30.2 Å². The highest BCUT2D eigenvalue weighted by atomic mass is 16.5. The Labute approximate surface area is 66.3 Å². The van der Waals surface area contributed by atoms with Crippen molar-refractivity contribution in [3.63, 3.8) is 0 Å². The number of nitrogens with zero attached hydrogens (tertiary/aromatic N) is 1. The number of carbonyl (C=O) groups is 1. The number of amides is 1. The van der Waals surface area contributed by atoms with E-state index in [0.717, 1.165) is 26.0 Å². The Hall–Kier alpha value is -0.570. The zero-order valence-electron chi connectivity index (χ0n) is 6.75. The first-order valence-corrected chi connectivity index (χ1v) is 4.21. The fraction of sp³-hybridized carbons (Fsp3) is 0.875. The van der Waals surface area contributed by atoms with Crippen LogP contribution in [0.15, 0.2) is 0 Å². The summed E-state index contributed by atoms with van der Waals surface area (Å²) in [6.45, 7) is 3.52. The number of piperidine rings is 1. The lowest BCUT2D eigenvalue weighted by molar-refractivity contribution is -0.145. The maximum absolute atomic E-state index is 11.5. The summed E-state index contributed by atoms with van der Waals surface area (Å²) in [5, 5.41) is 0. The average Bonchev–Trinajstić information content (AvgIpc) is 2.45. The van der Waals surface area contributed by atoms with E-state index in [-0.39, 0.29) is 18.1 Å². The molecule has 0 spiro atoms. The Balaban J connectivity index is 2.12. The number of carbonyl (C=O) groups excluding carboxylic acids is 1. The van der Waals surface area contributed by atoms with Gasteiger partial charge in [-0.05, 0) is 12.8 Å². The second-order valence-corrected chi connectivity index (χ2v) is 3.34. The lowest BCUT2D eigenvalue weighted by Crippen LogP contribution is -2.43. The smallest absolute Gasteiger partial charge is 0.227 e. The first kappa shape index (κ1) is 7.10. The highest BCUT2D eigenvalue weighted by Gasteiger charge is 2.36. The molecular weight excluding hydrogens is 142 g/mol. The predicted molar refractivity (Wildman–Crippen MR) is 39.9 cm³/mol. The van der Waals surface area contributed by atoms with Crippen molar-refractivity contribution in [2.75, 3.05) is 13.2 Å². The zero-order chi connectivity index (χ0) is 7.84. The second-order valence-electron chi connectivity index (χ2n) is 3.34. The van der Waals surface area contributed by atoms with Crippen molar-refractivity contribution in [1.82, 2.24) is 4.90 Å². The molecule has 62 valence electrons. The molecule has 0 aromatic carbocycles. The van der Waals surface area contributed by atoms with Gasteiger partial charge in [-0.3, -0.25) is 4.79 Å². The van der Waals surface area contributed by atoms with E-state index in [1.807, 2.05) is 11.8 Å². The Morgan fingerprint density at radius 3 is 3.18 bits per heavy atom. The van der Waals surface area contributed by atoms with Crippen molar-refractivity contribution in [2.45, 2.75) is 26.0 Å².